The number of hydrogen-bond acceptors (Lipinski definition) is 8. The third kappa shape index (κ3) is 4.47. The summed E-state index contributed by atoms with van der Waals surface area (Å²) >= 11 is 0. The van der Waals surface area contributed by atoms with Gasteiger partial charge in [0.25, 0.3) is 0 Å². The maximum Gasteiger partial charge on any atom is 0.410 e. The van der Waals surface area contributed by atoms with Crippen molar-refractivity contribution < 1.29 is 19.1 Å². The highest BCUT2D eigenvalue weighted by atomic mass is 16.7. The Labute approximate surface area is 179 Å². The Hall–Kier alpha value is -0.970. The minimum atomic E-state index is -0.198. The zero-order valence-corrected chi connectivity index (χ0v) is 18.3. The van der Waals surface area contributed by atoms with Crippen LogP contribution in [-0.2, 0) is 14.3 Å². The fourth-order valence-electron chi connectivity index (χ4n) is 5.05. The van der Waals surface area contributed by atoms with Crippen molar-refractivity contribution in [3.05, 3.63) is 0 Å². The lowest BCUT2D eigenvalue weighted by atomic mass is 9.91. The lowest BCUT2D eigenvalue weighted by Crippen LogP contribution is -2.59. The first-order chi connectivity index (χ1) is 14.5. The van der Waals surface area contributed by atoms with Crippen LogP contribution in [0.2, 0.25) is 0 Å². The van der Waals surface area contributed by atoms with E-state index in [-0.39, 0.29) is 24.1 Å². The molecule has 4 saturated heterocycles. The van der Waals surface area contributed by atoms with Gasteiger partial charge in [-0.2, -0.15) is 5.48 Å². The maximum absolute atomic E-state index is 12.3. The van der Waals surface area contributed by atoms with E-state index in [0.717, 1.165) is 71.4 Å². The van der Waals surface area contributed by atoms with Crippen LogP contribution in [0.25, 0.3) is 0 Å². The second kappa shape index (κ2) is 8.52. The summed E-state index contributed by atoms with van der Waals surface area (Å²) in [5.41, 5.74) is 3.06. The summed E-state index contributed by atoms with van der Waals surface area (Å²) in [5.74, 6) is 0.939. The summed E-state index contributed by atoms with van der Waals surface area (Å²) in [4.78, 5) is 22.6. The van der Waals surface area contributed by atoms with Crippen molar-refractivity contribution >= 4 is 6.09 Å². The van der Waals surface area contributed by atoms with E-state index in [2.05, 4.69) is 28.1 Å². The molecule has 4 heterocycles. The van der Waals surface area contributed by atoms with Gasteiger partial charge in [0.2, 0.25) is 0 Å². The lowest BCUT2D eigenvalue weighted by Gasteiger charge is -2.43. The Bertz CT molecular complexity index is 621. The molecule has 4 atom stereocenters. The first-order valence-electron chi connectivity index (χ1n) is 11.7. The fourth-order valence-corrected chi connectivity index (χ4v) is 5.05. The number of likely N-dealkylation sites (N-methyl/N-ethyl adjacent to an activating group) is 1. The molecule has 3 N–H and O–H groups in total. The van der Waals surface area contributed by atoms with Gasteiger partial charge in [-0.25, -0.2) is 4.79 Å². The molecule has 5 aliphatic rings. The van der Waals surface area contributed by atoms with Crippen LogP contribution in [0.1, 0.15) is 45.4 Å². The number of carbonyl (C=O) groups excluding carboxylic acids is 1. The highest BCUT2D eigenvalue weighted by Gasteiger charge is 2.44. The summed E-state index contributed by atoms with van der Waals surface area (Å²) in [7, 11) is 2.19. The van der Waals surface area contributed by atoms with Gasteiger partial charge < -0.3 is 19.7 Å². The molecule has 0 spiro atoms. The van der Waals surface area contributed by atoms with Crippen molar-refractivity contribution in [2.75, 3.05) is 39.9 Å². The molecule has 1 saturated carbocycles. The molecule has 0 aromatic heterocycles. The molecule has 0 aromatic carbocycles. The van der Waals surface area contributed by atoms with Crippen LogP contribution in [0.3, 0.4) is 0 Å². The first kappa shape index (κ1) is 20.9. The van der Waals surface area contributed by atoms with Crippen LogP contribution in [0.15, 0.2) is 0 Å². The Morgan fingerprint density at radius 3 is 2.60 bits per heavy atom. The molecular formula is C21H37N5O4. The number of nitrogens with one attached hydrogen (secondary N) is 3. The predicted octanol–water partition coefficient (Wildman–Crippen LogP) is 0.820. The molecule has 30 heavy (non-hydrogen) atoms. The van der Waals surface area contributed by atoms with Gasteiger partial charge in [-0.15, -0.1) is 0 Å². The van der Waals surface area contributed by atoms with Crippen molar-refractivity contribution in [1.82, 2.24) is 25.9 Å². The summed E-state index contributed by atoms with van der Waals surface area (Å²) < 4.78 is 11.0. The second-order valence-corrected chi connectivity index (χ2v) is 10.1. The zero-order valence-electron chi connectivity index (χ0n) is 18.3. The Morgan fingerprint density at radius 1 is 1.17 bits per heavy atom. The van der Waals surface area contributed by atoms with Gasteiger partial charge in [-0.3, -0.25) is 15.1 Å². The molecular weight excluding hydrogens is 386 g/mol. The number of nitrogens with zero attached hydrogens (tertiary/aromatic N) is 2. The van der Waals surface area contributed by atoms with Gasteiger partial charge in [0.05, 0.1) is 31.6 Å². The molecule has 1 amide bonds. The summed E-state index contributed by atoms with van der Waals surface area (Å²) in [6.07, 6.45) is 6.53. The molecule has 4 unspecified atom stereocenters. The van der Waals surface area contributed by atoms with Gasteiger partial charge in [0.1, 0.15) is 11.8 Å². The van der Waals surface area contributed by atoms with Gasteiger partial charge in [0, 0.05) is 19.0 Å². The molecule has 9 nitrogen and oxygen atoms in total. The van der Waals surface area contributed by atoms with E-state index < -0.39 is 0 Å². The van der Waals surface area contributed by atoms with E-state index in [9.17, 15) is 4.79 Å². The molecule has 4 aliphatic heterocycles. The monoisotopic (exact) mass is 423 g/mol. The van der Waals surface area contributed by atoms with Crippen LogP contribution in [0.5, 0.6) is 0 Å². The van der Waals surface area contributed by atoms with Gasteiger partial charge in [-0.1, -0.05) is 0 Å². The third-order valence-electron chi connectivity index (χ3n) is 7.76. The second-order valence-electron chi connectivity index (χ2n) is 10.1. The van der Waals surface area contributed by atoms with E-state index in [1.165, 1.54) is 0 Å². The summed E-state index contributed by atoms with van der Waals surface area (Å²) in [6.45, 7) is 6.23. The maximum atomic E-state index is 12.3. The minimum Gasteiger partial charge on any atom is -0.443 e. The third-order valence-corrected chi connectivity index (χ3v) is 7.76. The molecule has 0 bridgehead atoms. The van der Waals surface area contributed by atoms with E-state index in [1.54, 1.807) is 0 Å². The van der Waals surface area contributed by atoms with E-state index in [4.69, 9.17) is 14.3 Å². The van der Waals surface area contributed by atoms with Gasteiger partial charge in [-0.05, 0) is 65.0 Å². The lowest BCUT2D eigenvalue weighted by molar-refractivity contribution is -0.0886. The van der Waals surface area contributed by atoms with Crippen molar-refractivity contribution in [1.29, 1.82) is 0 Å². The number of likely N-dealkylation sites (tertiary alicyclic amines) is 1. The molecule has 1 aliphatic carbocycles. The van der Waals surface area contributed by atoms with E-state index >= 15 is 0 Å². The largest absolute Gasteiger partial charge is 0.443 e. The minimum absolute atomic E-state index is 0.0449. The molecule has 5 fully saturated rings. The van der Waals surface area contributed by atoms with Crippen molar-refractivity contribution in [3.63, 3.8) is 0 Å². The number of ether oxygens (including phenoxy) is 2. The van der Waals surface area contributed by atoms with Crippen molar-refractivity contribution in [2.45, 2.75) is 75.7 Å². The quantitative estimate of drug-likeness (QED) is 0.599. The molecule has 5 rings (SSSR count). The van der Waals surface area contributed by atoms with Crippen molar-refractivity contribution in [2.24, 2.45) is 11.8 Å². The zero-order chi connectivity index (χ0) is 20.7. The number of carbonyl (C=O) groups is 1. The van der Waals surface area contributed by atoms with Gasteiger partial charge in [0.15, 0.2) is 0 Å². The van der Waals surface area contributed by atoms with E-state index in [0.29, 0.717) is 24.0 Å². The fraction of sp³-hybridized carbons (Fsp3) is 0.952. The van der Waals surface area contributed by atoms with Crippen LogP contribution in [0.4, 0.5) is 4.79 Å². The number of hydrogen-bond donors (Lipinski definition) is 3. The average Bonchev–Trinajstić information content (AvgIpc) is 3.24. The summed E-state index contributed by atoms with van der Waals surface area (Å²) in [5, 5.41) is 7.35. The van der Waals surface area contributed by atoms with Crippen LogP contribution >= 0.6 is 0 Å². The molecule has 9 heteroatoms. The van der Waals surface area contributed by atoms with Crippen LogP contribution in [-0.4, -0.2) is 86.0 Å². The SMILES string of the molecule is CN(C1COC1)C1CC(C2NC(C3CCN(C(=O)OC4(C)CC4)CC3)NO2)CCN1. The number of amides is 1. The highest BCUT2D eigenvalue weighted by molar-refractivity contribution is 5.68. The summed E-state index contributed by atoms with van der Waals surface area (Å²) in [6, 6.07) is 0.531. The van der Waals surface area contributed by atoms with Crippen molar-refractivity contribution in [3.8, 4) is 0 Å². The van der Waals surface area contributed by atoms with Gasteiger partial charge >= 0.3 is 6.09 Å². The molecule has 0 radical (unpaired) electrons. The Kier molecular flexibility index (Phi) is 5.94. The Morgan fingerprint density at radius 2 is 1.93 bits per heavy atom. The number of rotatable bonds is 5. The standard InChI is InChI=1S/C21H37N5O4/c1-21(6-7-21)29-20(27)26-9-4-14(5-10-26)18-23-19(30-24-18)15-3-8-22-17(11-15)25(2)16-12-28-13-16/h14-19,22-24H,3-13H2,1-2H3. The predicted molar refractivity (Wildman–Crippen MR) is 110 cm³/mol. The normalized spacial score (nSPS) is 37.2. The van der Waals surface area contributed by atoms with Crippen LogP contribution < -0.4 is 16.1 Å². The topological polar surface area (TPSA) is 87.3 Å². The first-order valence-corrected chi connectivity index (χ1v) is 11.7. The highest BCUT2D eigenvalue weighted by Crippen LogP contribution is 2.39. The average molecular weight is 424 g/mol. The molecule has 0 aromatic rings. The Balaban J connectivity index is 1.07. The van der Waals surface area contributed by atoms with E-state index in [1.807, 2.05) is 11.8 Å². The number of hydroxylamine groups is 1. The number of piperidine rings is 2. The molecule has 170 valence electrons. The van der Waals surface area contributed by atoms with Crippen LogP contribution in [0, 0.1) is 11.8 Å². The smallest absolute Gasteiger partial charge is 0.410 e.